The molecule has 0 atom stereocenters. The molecule has 0 aromatic heterocycles. The Hall–Kier alpha value is -2.49. The van der Waals surface area contributed by atoms with Crippen LogP contribution in [0.2, 0.25) is 0 Å². The van der Waals surface area contributed by atoms with E-state index in [-0.39, 0.29) is 5.97 Å². The summed E-state index contributed by atoms with van der Waals surface area (Å²) in [4.78, 5) is 11.8. The van der Waals surface area contributed by atoms with Gasteiger partial charge in [0.1, 0.15) is 5.75 Å². The molecule has 0 fully saturated rings. The summed E-state index contributed by atoms with van der Waals surface area (Å²) in [5, 5.41) is 0. The van der Waals surface area contributed by atoms with Crippen molar-refractivity contribution in [3.8, 4) is 17.2 Å². The van der Waals surface area contributed by atoms with Crippen LogP contribution in [-0.4, -0.2) is 20.2 Å². The van der Waals surface area contributed by atoms with Crippen molar-refractivity contribution in [2.45, 2.75) is 12.8 Å². The molecule has 4 heteroatoms. The van der Waals surface area contributed by atoms with E-state index in [1.54, 1.807) is 26.4 Å². The maximum atomic E-state index is 11.8. The SMILES string of the molecule is COc1ccc(CCC(=O)Oc2ccccc2)cc1OC. The molecule has 0 saturated heterocycles. The fourth-order valence-corrected chi connectivity index (χ4v) is 1.95. The summed E-state index contributed by atoms with van der Waals surface area (Å²) in [7, 11) is 3.18. The van der Waals surface area contributed by atoms with Crippen molar-refractivity contribution in [2.75, 3.05) is 14.2 Å². The van der Waals surface area contributed by atoms with E-state index in [2.05, 4.69) is 0 Å². The summed E-state index contributed by atoms with van der Waals surface area (Å²) in [6, 6.07) is 14.7. The van der Waals surface area contributed by atoms with Gasteiger partial charge in [0.25, 0.3) is 0 Å². The fraction of sp³-hybridized carbons (Fsp3) is 0.235. The van der Waals surface area contributed by atoms with Gasteiger partial charge in [-0.3, -0.25) is 4.79 Å². The summed E-state index contributed by atoms with van der Waals surface area (Å²) in [6.07, 6.45) is 0.899. The Labute approximate surface area is 124 Å². The molecular weight excluding hydrogens is 268 g/mol. The van der Waals surface area contributed by atoms with E-state index in [9.17, 15) is 4.79 Å². The molecule has 21 heavy (non-hydrogen) atoms. The van der Waals surface area contributed by atoms with E-state index < -0.39 is 0 Å². The Kier molecular flexibility index (Phi) is 5.21. The number of benzene rings is 2. The van der Waals surface area contributed by atoms with E-state index >= 15 is 0 Å². The Balaban J connectivity index is 1.92. The quantitative estimate of drug-likeness (QED) is 0.604. The zero-order chi connectivity index (χ0) is 15.1. The summed E-state index contributed by atoms with van der Waals surface area (Å²) in [6.45, 7) is 0. The second-order valence-electron chi connectivity index (χ2n) is 4.48. The molecule has 0 spiro atoms. The highest BCUT2D eigenvalue weighted by Gasteiger charge is 2.08. The standard InChI is InChI=1S/C17H18O4/c1-19-15-10-8-13(12-16(15)20-2)9-11-17(18)21-14-6-4-3-5-7-14/h3-8,10,12H,9,11H2,1-2H3. The van der Waals surface area contributed by atoms with Crippen LogP contribution in [0.25, 0.3) is 0 Å². The van der Waals surface area contributed by atoms with Crippen molar-refractivity contribution in [1.82, 2.24) is 0 Å². The molecule has 0 amide bonds. The second-order valence-corrected chi connectivity index (χ2v) is 4.48. The summed E-state index contributed by atoms with van der Waals surface area (Å²) >= 11 is 0. The van der Waals surface area contributed by atoms with Crippen molar-refractivity contribution < 1.29 is 19.0 Å². The lowest BCUT2D eigenvalue weighted by atomic mass is 10.1. The molecule has 0 unspecified atom stereocenters. The van der Waals surface area contributed by atoms with Gasteiger partial charge in [-0.1, -0.05) is 24.3 Å². The first-order valence-electron chi connectivity index (χ1n) is 6.69. The molecular formula is C17H18O4. The van der Waals surface area contributed by atoms with Gasteiger partial charge < -0.3 is 14.2 Å². The van der Waals surface area contributed by atoms with Crippen molar-refractivity contribution in [2.24, 2.45) is 0 Å². The van der Waals surface area contributed by atoms with Gasteiger partial charge in [0.05, 0.1) is 14.2 Å². The monoisotopic (exact) mass is 286 g/mol. The molecule has 2 aromatic rings. The maximum Gasteiger partial charge on any atom is 0.311 e. The van der Waals surface area contributed by atoms with Crippen molar-refractivity contribution in [3.05, 3.63) is 54.1 Å². The third-order valence-electron chi connectivity index (χ3n) is 3.04. The third kappa shape index (κ3) is 4.24. The smallest absolute Gasteiger partial charge is 0.311 e. The number of ether oxygens (including phenoxy) is 3. The van der Waals surface area contributed by atoms with E-state index in [1.165, 1.54) is 0 Å². The van der Waals surface area contributed by atoms with Crippen LogP contribution in [0.1, 0.15) is 12.0 Å². The first kappa shape index (κ1) is 14.9. The number of hydrogen-bond acceptors (Lipinski definition) is 4. The average Bonchev–Trinajstić information content (AvgIpc) is 2.53. The van der Waals surface area contributed by atoms with E-state index in [0.717, 1.165) is 5.56 Å². The van der Waals surface area contributed by atoms with Gasteiger partial charge >= 0.3 is 5.97 Å². The van der Waals surface area contributed by atoms with Gasteiger partial charge in [0.2, 0.25) is 0 Å². The van der Waals surface area contributed by atoms with Crippen LogP contribution < -0.4 is 14.2 Å². The Bertz CT molecular complexity index is 593. The van der Waals surface area contributed by atoms with Crippen LogP contribution >= 0.6 is 0 Å². The summed E-state index contributed by atoms with van der Waals surface area (Å²) in [5.74, 6) is 1.64. The number of para-hydroxylation sites is 1. The first-order chi connectivity index (χ1) is 10.2. The molecule has 0 saturated carbocycles. The lowest BCUT2D eigenvalue weighted by Gasteiger charge is -2.09. The normalized spacial score (nSPS) is 10.0. The average molecular weight is 286 g/mol. The number of aryl methyl sites for hydroxylation is 1. The van der Waals surface area contributed by atoms with Crippen LogP contribution in [0.5, 0.6) is 17.2 Å². The minimum atomic E-state index is -0.254. The molecule has 2 rings (SSSR count). The Morgan fingerprint density at radius 1 is 0.952 bits per heavy atom. The number of esters is 1. The highest BCUT2D eigenvalue weighted by molar-refractivity contribution is 5.72. The second kappa shape index (κ2) is 7.33. The molecule has 0 N–H and O–H groups in total. The number of methoxy groups -OCH3 is 2. The van der Waals surface area contributed by atoms with E-state index in [0.29, 0.717) is 30.1 Å². The van der Waals surface area contributed by atoms with Crippen molar-refractivity contribution in [1.29, 1.82) is 0 Å². The number of carbonyl (C=O) groups is 1. The molecule has 2 aromatic carbocycles. The lowest BCUT2D eigenvalue weighted by molar-refractivity contribution is -0.134. The fourth-order valence-electron chi connectivity index (χ4n) is 1.95. The zero-order valence-corrected chi connectivity index (χ0v) is 12.2. The van der Waals surface area contributed by atoms with Gasteiger partial charge in [0.15, 0.2) is 11.5 Å². The first-order valence-corrected chi connectivity index (χ1v) is 6.69. The largest absolute Gasteiger partial charge is 0.493 e. The van der Waals surface area contributed by atoms with Crippen LogP contribution in [0, 0.1) is 0 Å². The molecule has 110 valence electrons. The molecule has 0 aliphatic carbocycles. The number of hydrogen-bond donors (Lipinski definition) is 0. The van der Waals surface area contributed by atoms with Gasteiger partial charge in [0, 0.05) is 6.42 Å². The van der Waals surface area contributed by atoms with Crippen LogP contribution in [0.4, 0.5) is 0 Å². The van der Waals surface area contributed by atoms with Gasteiger partial charge in [-0.15, -0.1) is 0 Å². The lowest BCUT2D eigenvalue weighted by Crippen LogP contribution is -2.09. The molecule has 0 radical (unpaired) electrons. The number of rotatable bonds is 6. The van der Waals surface area contributed by atoms with Crippen LogP contribution in [0.3, 0.4) is 0 Å². The maximum absolute atomic E-state index is 11.8. The van der Waals surface area contributed by atoms with Crippen molar-refractivity contribution in [3.63, 3.8) is 0 Å². The van der Waals surface area contributed by atoms with E-state index in [1.807, 2.05) is 36.4 Å². The Morgan fingerprint density at radius 3 is 2.33 bits per heavy atom. The van der Waals surface area contributed by atoms with Gasteiger partial charge in [-0.2, -0.15) is 0 Å². The molecule has 0 heterocycles. The topological polar surface area (TPSA) is 44.8 Å². The minimum Gasteiger partial charge on any atom is -0.493 e. The van der Waals surface area contributed by atoms with Gasteiger partial charge in [-0.25, -0.2) is 0 Å². The molecule has 0 aliphatic rings. The van der Waals surface area contributed by atoms with Crippen LogP contribution in [0.15, 0.2) is 48.5 Å². The van der Waals surface area contributed by atoms with Gasteiger partial charge in [-0.05, 0) is 36.2 Å². The molecule has 0 aliphatic heterocycles. The predicted molar refractivity (Wildman–Crippen MR) is 79.9 cm³/mol. The summed E-state index contributed by atoms with van der Waals surface area (Å²) < 4.78 is 15.7. The van der Waals surface area contributed by atoms with Crippen LogP contribution in [-0.2, 0) is 11.2 Å². The minimum absolute atomic E-state index is 0.254. The highest BCUT2D eigenvalue weighted by atomic mass is 16.5. The zero-order valence-electron chi connectivity index (χ0n) is 12.2. The summed E-state index contributed by atoms with van der Waals surface area (Å²) in [5.41, 5.74) is 0.998. The Morgan fingerprint density at radius 2 is 1.67 bits per heavy atom. The number of carbonyl (C=O) groups excluding carboxylic acids is 1. The highest BCUT2D eigenvalue weighted by Crippen LogP contribution is 2.28. The van der Waals surface area contributed by atoms with E-state index in [4.69, 9.17) is 14.2 Å². The van der Waals surface area contributed by atoms with Crippen molar-refractivity contribution >= 4 is 5.97 Å². The third-order valence-corrected chi connectivity index (χ3v) is 3.04. The molecule has 0 bridgehead atoms. The predicted octanol–water partition coefficient (Wildman–Crippen LogP) is 3.24. The molecule has 4 nitrogen and oxygen atoms in total.